The van der Waals surface area contributed by atoms with E-state index in [1.54, 1.807) is 13.8 Å². The van der Waals surface area contributed by atoms with Crippen molar-refractivity contribution < 1.29 is 54.5 Å². The SMILES string of the molecule is C=C(C)C(=O)OCCCC(=O)OCCOCCC[Si](C)(C)O[Si](C)(C)O[Si](C)(C)O[Si](C)(C)O[Si](C)(C)CCCC.C=C(C)C(=O)OCCOC#N. The second kappa shape index (κ2) is 26.0. The van der Waals surface area contributed by atoms with Crippen LogP contribution in [0.3, 0.4) is 0 Å². The van der Waals surface area contributed by atoms with E-state index in [2.05, 4.69) is 95.0 Å². The smallest absolute Gasteiger partial charge is 0.333 e. The van der Waals surface area contributed by atoms with E-state index in [0.29, 0.717) is 30.8 Å². The third kappa shape index (κ3) is 30.5. The number of nitriles is 1. The van der Waals surface area contributed by atoms with E-state index in [4.69, 9.17) is 35.9 Å². The van der Waals surface area contributed by atoms with Gasteiger partial charge in [0.05, 0.1) is 13.2 Å². The Bertz CT molecular complexity index is 1160. The van der Waals surface area contributed by atoms with Gasteiger partial charge in [0, 0.05) is 24.2 Å². The fraction of sp³-hybridized carbons (Fsp3) is 0.765. The maximum Gasteiger partial charge on any atom is 0.333 e. The van der Waals surface area contributed by atoms with Gasteiger partial charge in [0.2, 0.25) is 0 Å². The first-order chi connectivity index (χ1) is 23.8. The molecule has 13 nitrogen and oxygen atoms in total. The van der Waals surface area contributed by atoms with Crippen molar-refractivity contribution in [2.45, 2.75) is 130 Å². The maximum absolute atomic E-state index is 11.8. The highest BCUT2D eigenvalue weighted by Crippen LogP contribution is 2.28. The maximum atomic E-state index is 11.8. The molecule has 0 radical (unpaired) electrons. The zero-order valence-electron chi connectivity index (χ0n) is 34.5. The highest BCUT2D eigenvalue weighted by atomic mass is 28.5. The Kier molecular flexibility index (Phi) is 26.1. The molecular formula is C34H69NO12Si5. The van der Waals surface area contributed by atoms with Gasteiger partial charge in [-0.1, -0.05) is 32.9 Å². The quantitative estimate of drug-likeness (QED) is 0.0197. The third-order valence-corrected chi connectivity index (χ3v) is 26.0. The van der Waals surface area contributed by atoms with Crippen molar-refractivity contribution in [2.75, 3.05) is 39.6 Å². The van der Waals surface area contributed by atoms with Crippen LogP contribution in [0.2, 0.25) is 77.6 Å². The Balaban J connectivity index is 0. The first kappa shape index (κ1) is 52.2. The lowest BCUT2D eigenvalue weighted by molar-refractivity contribution is -0.147. The van der Waals surface area contributed by atoms with Crippen LogP contribution in [0.4, 0.5) is 0 Å². The lowest BCUT2D eigenvalue weighted by Crippen LogP contribution is -2.58. The molecule has 0 aliphatic rings. The monoisotopic (exact) mass is 823 g/mol. The molecule has 0 N–H and O–H groups in total. The standard InChI is InChI=1S/C27H60O9Si5.C7H9NO3/c1-14-15-23-37(4,5)33-39(8,9)35-41(12,13)36-40(10,11)34-38(6,7)24-17-19-30-21-22-31-26(28)18-16-20-32-27(29)25(2)3;1-6(2)7(9)11-4-3-10-5-8/h2,14-24H2,1,3-13H3;1,3-4H2,2H3. The summed E-state index contributed by atoms with van der Waals surface area (Å²) in [4.78, 5) is 33.7. The van der Waals surface area contributed by atoms with Crippen LogP contribution in [0, 0.1) is 11.5 Å². The van der Waals surface area contributed by atoms with Gasteiger partial charge in [0.25, 0.3) is 6.26 Å². The van der Waals surface area contributed by atoms with Gasteiger partial charge in [0.1, 0.15) is 19.8 Å². The molecule has 0 heterocycles. The predicted molar refractivity (Wildman–Crippen MR) is 215 cm³/mol. The van der Waals surface area contributed by atoms with Gasteiger partial charge in [0.15, 0.2) is 16.6 Å². The average Bonchev–Trinajstić information content (AvgIpc) is 2.97. The summed E-state index contributed by atoms with van der Waals surface area (Å²) in [5.41, 5.74) is 0.675. The molecule has 0 saturated heterocycles. The summed E-state index contributed by atoms with van der Waals surface area (Å²) in [6, 6.07) is 2.10. The van der Waals surface area contributed by atoms with E-state index in [-0.39, 0.29) is 38.8 Å². The molecule has 302 valence electrons. The zero-order valence-corrected chi connectivity index (χ0v) is 39.5. The number of carbonyl (C=O) groups is 3. The van der Waals surface area contributed by atoms with Crippen LogP contribution in [0.5, 0.6) is 0 Å². The first-order valence-electron chi connectivity index (χ1n) is 18.0. The van der Waals surface area contributed by atoms with Crippen molar-refractivity contribution in [3.8, 4) is 6.26 Å². The van der Waals surface area contributed by atoms with Gasteiger partial charge in [-0.05, 0) is 104 Å². The largest absolute Gasteiger partial charge is 0.463 e. The molecule has 0 spiro atoms. The molecule has 0 aliphatic carbocycles. The fourth-order valence-corrected chi connectivity index (χ4v) is 29.9. The molecule has 0 atom stereocenters. The van der Waals surface area contributed by atoms with Gasteiger partial charge < -0.3 is 40.1 Å². The summed E-state index contributed by atoms with van der Waals surface area (Å²) in [5, 5.41) is 7.91. The molecule has 0 aromatic rings. The Morgan fingerprint density at radius 2 is 1.02 bits per heavy atom. The summed E-state index contributed by atoms with van der Waals surface area (Å²) >= 11 is 0. The van der Waals surface area contributed by atoms with E-state index in [1.807, 2.05) is 0 Å². The minimum absolute atomic E-state index is 0.0826. The van der Waals surface area contributed by atoms with Crippen molar-refractivity contribution in [1.29, 1.82) is 5.26 Å². The molecule has 0 fully saturated rings. The molecule has 0 aliphatic heterocycles. The summed E-state index contributed by atoms with van der Waals surface area (Å²) in [6.07, 6.45) is 5.32. The second-order valence-corrected chi connectivity index (χ2v) is 34.7. The molecule has 18 heteroatoms. The lowest BCUT2D eigenvalue weighted by Gasteiger charge is -2.42. The van der Waals surface area contributed by atoms with Crippen LogP contribution < -0.4 is 0 Å². The van der Waals surface area contributed by atoms with E-state index in [1.165, 1.54) is 19.1 Å². The highest BCUT2D eigenvalue weighted by Gasteiger charge is 2.45. The van der Waals surface area contributed by atoms with Crippen molar-refractivity contribution in [1.82, 2.24) is 0 Å². The zero-order chi connectivity index (χ0) is 40.7. The van der Waals surface area contributed by atoms with E-state index in [0.717, 1.165) is 18.5 Å². The number of hydrogen-bond acceptors (Lipinski definition) is 13. The van der Waals surface area contributed by atoms with Crippen LogP contribution in [0.15, 0.2) is 24.3 Å². The molecule has 0 aromatic carbocycles. The first-order valence-corrected chi connectivity index (χ1v) is 32.7. The molecule has 52 heavy (non-hydrogen) atoms. The predicted octanol–water partition coefficient (Wildman–Crippen LogP) is 7.82. The van der Waals surface area contributed by atoms with Gasteiger partial charge in [-0.25, -0.2) is 9.59 Å². The molecule has 0 amide bonds. The average molecular weight is 824 g/mol. The number of hydrogen-bond donors (Lipinski definition) is 0. The second-order valence-electron chi connectivity index (χ2n) is 15.0. The Morgan fingerprint density at radius 3 is 1.48 bits per heavy atom. The molecule has 0 bridgehead atoms. The van der Waals surface area contributed by atoms with E-state index >= 15 is 0 Å². The number of esters is 3. The van der Waals surface area contributed by atoms with Crippen LogP contribution in [0.25, 0.3) is 0 Å². The van der Waals surface area contributed by atoms with Crippen molar-refractivity contribution in [3.05, 3.63) is 24.3 Å². The van der Waals surface area contributed by atoms with Crippen molar-refractivity contribution in [2.24, 2.45) is 0 Å². The fourth-order valence-electron chi connectivity index (χ4n) is 5.12. The summed E-state index contributed by atoms with van der Waals surface area (Å²) in [5.74, 6) is -1.24. The van der Waals surface area contributed by atoms with Crippen molar-refractivity contribution in [3.63, 3.8) is 0 Å². The van der Waals surface area contributed by atoms with Crippen LogP contribution in [-0.4, -0.2) is 99.9 Å². The van der Waals surface area contributed by atoms with Crippen molar-refractivity contribution >= 4 is 60.2 Å². The molecule has 0 unspecified atom stereocenters. The topological polar surface area (TPSA) is 158 Å². The summed E-state index contributed by atoms with van der Waals surface area (Å²) in [7, 11) is -11.0. The third-order valence-electron chi connectivity index (χ3n) is 6.66. The lowest BCUT2D eigenvalue weighted by atomic mass is 10.3. The Morgan fingerprint density at radius 1 is 0.577 bits per heavy atom. The van der Waals surface area contributed by atoms with Crippen LogP contribution >= 0.6 is 0 Å². The van der Waals surface area contributed by atoms with Crippen LogP contribution in [0.1, 0.15) is 52.9 Å². The van der Waals surface area contributed by atoms with E-state index in [9.17, 15) is 14.4 Å². The summed E-state index contributed by atoms with van der Waals surface area (Å²) < 4.78 is 51.3. The Hall–Kier alpha value is -1.94. The molecular weight excluding hydrogens is 755 g/mol. The van der Waals surface area contributed by atoms with Gasteiger partial charge in [-0.2, -0.15) is 5.26 Å². The molecule has 0 aromatic heterocycles. The van der Waals surface area contributed by atoms with Crippen LogP contribution in [-0.2, 0) is 54.5 Å². The number of carbonyl (C=O) groups excluding carboxylic acids is 3. The number of rotatable bonds is 27. The van der Waals surface area contributed by atoms with E-state index < -0.39 is 54.3 Å². The minimum Gasteiger partial charge on any atom is -0.463 e. The number of unbranched alkanes of at least 4 members (excludes halogenated alkanes) is 1. The Labute approximate surface area is 319 Å². The number of nitrogens with zero attached hydrogens (tertiary/aromatic N) is 1. The highest BCUT2D eigenvalue weighted by molar-refractivity contribution is 6.90. The van der Waals surface area contributed by atoms with Gasteiger partial charge in [-0.3, -0.25) is 4.79 Å². The normalized spacial score (nSPS) is 12.2. The summed E-state index contributed by atoms with van der Waals surface area (Å²) in [6.45, 7) is 35.5. The minimum atomic E-state index is -2.46. The van der Waals surface area contributed by atoms with Gasteiger partial charge >= 0.3 is 43.6 Å². The molecule has 0 rings (SSSR count). The van der Waals surface area contributed by atoms with Gasteiger partial charge in [-0.15, -0.1) is 0 Å². The number of ether oxygens (including phenoxy) is 5. The molecule has 0 saturated carbocycles.